The highest BCUT2D eigenvalue weighted by Crippen LogP contribution is 2.46. The van der Waals surface area contributed by atoms with E-state index >= 15 is 0 Å². The molecule has 5 rings (SSSR count). The Bertz CT molecular complexity index is 1480. The number of halogens is 2. The molecule has 2 fully saturated rings. The van der Waals surface area contributed by atoms with Crippen LogP contribution in [0, 0.1) is 35.3 Å². The Hall–Kier alpha value is -3.57. The van der Waals surface area contributed by atoms with Gasteiger partial charge in [0.15, 0.2) is 0 Å². The number of carbonyl (C=O) groups excluding carboxylic acids is 3. The minimum Gasteiger partial charge on any atom is -0.471 e. The van der Waals surface area contributed by atoms with Gasteiger partial charge in [0.2, 0.25) is 17.4 Å². The predicted octanol–water partition coefficient (Wildman–Crippen LogP) is 5.94. The molecule has 49 heavy (non-hydrogen) atoms. The lowest BCUT2D eigenvalue weighted by molar-refractivity contribution is -0.135. The van der Waals surface area contributed by atoms with Crippen LogP contribution in [0.3, 0.4) is 0 Å². The molecule has 1 aliphatic carbocycles. The number of hydrogen-bond acceptors (Lipinski definition) is 6. The maximum absolute atomic E-state index is 14.3. The second-order valence-electron chi connectivity index (χ2n) is 14.9. The van der Waals surface area contributed by atoms with Gasteiger partial charge in [0.25, 0.3) is 5.91 Å². The molecule has 1 saturated carbocycles. The van der Waals surface area contributed by atoms with Crippen molar-refractivity contribution < 1.29 is 32.6 Å². The third-order valence-electron chi connectivity index (χ3n) is 9.70. The van der Waals surface area contributed by atoms with Crippen LogP contribution in [0.2, 0.25) is 0 Å². The van der Waals surface area contributed by atoms with Crippen LogP contribution in [0.5, 0.6) is 5.75 Å². The number of hydrogen-bond donors (Lipinski definition) is 2. The second kappa shape index (κ2) is 15.5. The molecule has 0 aromatic heterocycles. The molecule has 9 nitrogen and oxygen atoms in total. The normalized spacial score (nSPS) is 22.3. The fourth-order valence-electron chi connectivity index (χ4n) is 7.23. The summed E-state index contributed by atoms with van der Waals surface area (Å²) in [6, 6.07) is 8.41. The molecule has 268 valence electrons. The summed E-state index contributed by atoms with van der Waals surface area (Å²) in [5.74, 6) is -1.57. The molecule has 1 unspecified atom stereocenters. The highest BCUT2D eigenvalue weighted by molar-refractivity contribution is 6.04. The summed E-state index contributed by atoms with van der Waals surface area (Å²) in [5.41, 5.74) is -0.491. The molecule has 0 spiro atoms. The number of rotatable bonds is 14. The zero-order valence-electron chi connectivity index (χ0n) is 29.7. The zero-order valence-corrected chi connectivity index (χ0v) is 29.7. The van der Waals surface area contributed by atoms with Crippen LogP contribution in [-0.4, -0.2) is 63.2 Å². The van der Waals surface area contributed by atoms with Crippen molar-refractivity contribution in [1.29, 1.82) is 0 Å². The summed E-state index contributed by atoms with van der Waals surface area (Å²) in [6.07, 6.45) is 4.50. The molecule has 3 amide bonds. The van der Waals surface area contributed by atoms with Crippen molar-refractivity contribution in [3.63, 3.8) is 0 Å². The number of anilines is 2. The number of nitrogens with zero attached hydrogens (tertiary/aromatic N) is 2. The molecule has 2 heterocycles. The molecular weight excluding hydrogens is 630 g/mol. The van der Waals surface area contributed by atoms with Gasteiger partial charge in [0.1, 0.15) is 17.4 Å². The van der Waals surface area contributed by atoms with E-state index in [0.29, 0.717) is 61.5 Å². The maximum Gasteiger partial charge on any atom is 0.275 e. The van der Waals surface area contributed by atoms with Gasteiger partial charge in [0, 0.05) is 62.8 Å². The number of ether oxygens (including phenoxy) is 2. The summed E-state index contributed by atoms with van der Waals surface area (Å²) >= 11 is 0. The molecule has 2 aromatic rings. The predicted molar refractivity (Wildman–Crippen MR) is 185 cm³/mol. The molecule has 1 saturated heterocycles. The van der Waals surface area contributed by atoms with Crippen LogP contribution >= 0.6 is 0 Å². The van der Waals surface area contributed by atoms with E-state index in [-0.39, 0.29) is 41.9 Å². The summed E-state index contributed by atoms with van der Waals surface area (Å²) in [4.78, 5) is 45.3. The second-order valence-corrected chi connectivity index (χ2v) is 14.9. The Labute approximate surface area is 289 Å². The Morgan fingerprint density at radius 1 is 1.04 bits per heavy atom. The number of fused-ring (bicyclic) bond motifs is 1. The van der Waals surface area contributed by atoms with E-state index in [4.69, 9.17) is 9.47 Å². The Morgan fingerprint density at radius 3 is 2.31 bits per heavy atom. The van der Waals surface area contributed by atoms with Gasteiger partial charge in [-0.15, -0.1) is 0 Å². The number of benzene rings is 2. The quantitative estimate of drug-likeness (QED) is 0.240. The van der Waals surface area contributed by atoms with Gasteiger partial charge in [-0.25, -0.2) is 8.78 Å². The summed E-state index contributed by atoms with van der Waals surface area (Å²) in [5, 5.41) is 6.63. The van der Waals surface area contributed by atoms with E-state index in [2.05, 4.69) is 38.3 Å². The summed E-state index contributed by atoms with van der Waals surface area (Å²) < 4.78 is 40.1. The van der Waals surface area contributed by atoms with Gasteiger partial charge in [-0.1, -0.05) is 27.7 Å². The van der Waals surface area contributed by atoms with E-state index in [9.17, 15) is 23.2 Å². The molecule has 0 bridgehead atoms. The Balaban J connectivity index is 1.39. The lowest BCUT2D eigenvalue weighted by atomic mass is 9.87. The number of piperidine rings is 1. The van der Waals surface area contributed by atoms with Gasteiger partial charge in [0.05, 0.1) is 17.5 Å². The molecule has 2 aliphatic heterocycles. The van der Waals surface area contributed by atoms with Crippen molar-refractivity contribution in [2.45, 2.75) is 90.8 Å². The first-order valence-corrected chi connectivity index (χ1v) is 17.7. The Morgan fingerprint density at radius 2 is 1.69 bits per heavy atom. The molecule has 3 atom stereocenters. The highest BCUT2D eigenvalue weighted by atomic mass is 19.1. The van der Waals surface area contributed by atoms with Gasteiger partial charge >= 0.3 is 0 Å². The number of nitrogens with one attached hydrogen (secondary N) is 2. The van der Waals surface area contributed by atoms with Gasteiger partial charge in [-0.05, 0) is 87.6 Å². The third-order valence-corrected chi connectivity index (χ3v) is 9.70. The first-order valence-electron chi connectivity index (χ1n) is 17.7. The van der Waals surface area contributed by atoms with Crippen molar-refractivity contribution in [3.05, 3.63) is 53.6 Å². The topological polar surface area (TPSA) is 100 Å². The van der Waals surface area contributed by atoms with Crippen molar-refractivity contribution in [1.82, 2.24) is 10.6 Å². The first kappa shape index (κ1) is 36.7. The van der Waals surface area contributed by atoms with Gasteiger partial charge in [-0.3, -0.25) is 14.4 Å². The summed E-state index contributed by atoms with van der Waals surface area (Å²) in [6.45, 7) is 11.8. The highest BCUT2D eigenvalue weighted by Gasteiger charge is 2.47. The minimum atomic E-state index is -1.68. The van der Waals surface area contributed by atoms with Crippen molar-refractivity contribution in [2.75, 3.05) is 43.2 Å². The number of amides is 3. The third kappa shape index (κ3) is 8.60. The van der Waals surface area contributed by atoms with Gasteiger partial charge < -0.3 is 29.9 Å². The fourth-order valence-corrected chi connectivity index (χ4v) is 7.23. The van der Waals surface area contributed by atoms with E-state index < -0.39 is 29.1 Å². The monoisotopic (exact) mass is 682 g/mol. The summed E-state index contributed by atoms with van der Waals surface area (Å²) in [7, 11) is 1.58. The van der Waals surface area contributed by atoms with Crippen LogP contribution in [-0.2, 0) is 24.7 Å². The number of methoxy groups -OCH3 is 1. The zero-order chi connectivity index (χ0) is 35.5. The van der Waals surface area contributed by atoms with Crippen molar-refractivity contribution in [2.24, 2.45) is 23.7 Å². The molecule has 2 N–H and O–H groups in total. The lowest BCUT2D eigenvalue weighted by Crippen LogP contribution is -2.53. The Kier molecular flexibility index (Phi) is 11.6. The molecule has 0 radical (unpaired) electrons. The smallest absolute Gasteiger partial charge is 0.275 e. The molecule has 2 aromatic carbocycles. The van der Waals surface area contributed by atoms with Crippen LogP contribution < -0.4 is 25.2 Å². The molecule has 3 aliphatic rings. The fraction of sp³-hybridized carbons (Fsp3) is 0.605. The van der Waals surface area contributed by atoms with Crippen LogP contribution in [0.4, 0.5) is 20.2 Å². The van der Waals surface area contributed by atoms with Crippen LogP contribution in [0.15, 0.2) is 36.4 Å². The largest absolute Gasteiger partial charge is 0.471 e. The molecule has 11 heteroatoms. The number of carbonyl (C=O) groups is 3. The average Bonchev–Trinajstić information content (AvgIpc) is 3.87. The van der Waals surface area contributed by atoms with E-state index in [0.717, 1.165) is 43.9 Å². The minimum absolute atomic E-state index is 0.00774. The van der Waals surface area contributed by atoms with E-state index in [1.165, 1.54) is 6.92 Å². The van der Waals surface area contributed by atoms with E-state index in [1.54, 1.807) is 30.2 Å². The van der Waals surface area contributed by atoms with Crippen LogP contribution in [0.1, 0.15) is 78.7 Å². The first-order chi connectivity index (χ1) is 23.3. The van der Waals surface area contributed by atoms with Crippen molar-refractivity contribution >= 4 is 29.1 Å². The van der Waals surface area contributed by atoms with Gasteiger partial charge in [-0.2, -0.15) is 0 Å². The maximum atomic E-state index is 14.3. The SMILES string of the molecule is COCCCN1C(=O)C(C)(c2cc(F)cc(F)c2)Oc2ccc(N(C(=O)[C@H]3CNC[C@@H](C(=O)NC(CC(C)C)CC(C)C)C3)C3CC3)cc21. The average molecular weight is 683 g/mol. The van der Waals surface area contributed by atoms with Crippen LogP contribution in [0.25, 0.3) is 0 Å². The lowest BCUT2D eigenvalue weighted by Gasteiger charge is -2.41. The molecular formula is C38H52F2N4O5. The van der Waals surface area contributed by atoms with Crippen molar-refractivity contribution in [3.8, 4) is 5.75 Å². The standard InChI is InChI=1S/C38H52F2N4O5/c1-23(2)14-30(15-24(3)4)42-35(45)25-16-26(22-41-21-25)36(46)44(31-8-9-31)32-10-11-34-33(20-32)43(12-7-13-48-6)37(47)38(5,49-34)27-17-28(39)19-29(40)18-27/h10-11,17-20,23-26,30-31,41H,7-9,12-16,21-22H2,1-6H3,(H,42,45)/t25-,26+,38?/m0/s1. The van der Waals surface area contributed by atoms with E-state index in [1.807, 2.05) is 4.90 Å².